The highest BCUT2D eigenvalue weighted by Gasteiger charge is 2.28. The number of hydrogen-bond acceptors (Lipinski definition) is 5. The van der Waals surface area contributed by atoms with Gasteiger partial charge in [-0.3, -0.25) is 9.59 Å². The number of rotatable bonds is 3. The van der Waals surface area contributed by atoms with E-state index in [1.54, 1.807) is 11.3 Å². The summed E-state index contributed by atoms with van der Waals surface area (Å²) in [5, 5.41) is 6.31. The molecule has 5 nitrogen and oxygen atoms in total. The predicted molar refractivity (Wildman–Crippen MR) is 102 cm³/mol. The molecule has 25 heavy (non-hydrogen) atoms. The summed E-state index contributed by atoms with van der Waals surface area (Å²) in [4.78, 5) is 30.0. The number of aromatic nitrogens is 1. The van der Waals surface area contributed by atoms with E-state index in [-0.39, 0.29) is 18.2 Å². The zero-order valence-corrected chi connectivity index (χ0v) is 15.0. The van der Waals surface area contributed by atoms with Crippen molar-refractivity contribution in [3.05, 3.63) is 47.5 Å². The molecule has 0 spiro atoms. The Hall–Kier alpha value is -2.38. The summed E-state index contributed by atoms with van der Waals surface area (Å²) in [6, 6.07) is 13.3. The third-order valence-electron chi connectivity index (χ3n) is 3.86. The van der Waals surface area contributed by atoms with Crippen molar-refractivity contribution in [3.63, 3.8) is 0 Å². The Kier molecular flexibility index (Phi) is 4.19. The summed E-state index contributed by atoms with van der Waals surface area (Å²) in [5.74, 6) is -0.306. The summed E-state index contributed by atoms with van der Waals surface area (Å²) in [6.07, 6.45) is 0.130. The molecule has 126 valence electrons. The first-order chi connectivity index (χ1) is 12.1. The molecule has 0 saturated carbocycles. The van der Waals surface area contributed by atoms with Crippen molar-refractivity contribution in [3.8, 4) is 0 Å². The zero-order valence-electron chi connectivity index (χ0n) is 13.4. The fourth-order valence-corrected chi connectivity index (χ4v) is 4.70. The minimum Gasteiger partial charge on any atom is -0.326 e. The lowest BCUT2D eigenvalue weighted by Crippen LogP contribution is -2.32. The number of nitrogens with one attached hydrogen (secondary N) is 2. The number of hydrogen-bond donors (Lipinski definition) is 2. The SMILES string of the molecule is Cc1nc2ccc(NC(=O)C[C@H]3Sc4ccccc4NC3=O)cc2s1. The molecule has 2 heterocycles. The van der Waals surface area contributed by atoms with Crippen molar-refractivity contribution in [2.45, 2.75) is 23.5 Å². The van der Waals surface area contributed by atoms with Gasteiger partial charge in [-0.2, -0.15) is 0 Å². The third-order valence-corrected chi connectivity index (χ3v) is 6.07. The Morgan fingerprint density at radius 2 is 2.12 bits per heavy atom. The van der Waals surface area contributed by atoms with E-state index in [9.17, 15) is 9.59 Å². The van der Waals surface area contributed by atoms with Crippen LogP contribution in [-0.2, 0) is 9.59 Å². The van der Waals surface area contributed by atoms with E-state index in [2.05, 4.69) is 15.6 Å². The largest absolute Gasteiger partial charge is 0.326 e. The number of nitrogens with zero attached hydrogens (tertiary/aromatic N) is 1. The van der Waals surface area contributed by atoms with Gasteiger partial charge in [0, 0.05) is 17.0 Å². The Morgan fingerprint density at radius 3 is 3.00 bits per heavy atom. The number of carbonyl (C=O) groups excluding carboxylic acids is 2. The highest BCUT2D eigenvalue weighted by atomic mass is 32.2. The number of thioether (sulfide) groups is 1. The smallest absolute Gasteiger partial charge is 0.238 e. The van der Waals surface area contributed by atoms with Gasteiger partial charge >= 0.3 is 0 Å². The monoisotopic (exact) mass is 369 g/mol. The van der Waals surface area contributed by atoms with Gasteiger partial charge in [-0.05, 0) is 37.3 Å². The van der Waals surface area contributed by atoms with Crippen molar-refractivity contribution in [1.82, 2.24) is 4.98 Å². The van der Waals surface area contributed by atoms with Gasteiger partial charge in [0.05, 0.1) is 26.2 Å². The summed E-state index contributed by atoms with van der Waals surface area (Å²) in [6.45, 7) is 1.96. The Balaban J connectivity index is 1.45. The maximum Gasteiger partial charge on any atom is 0.238 e. The minimum absolute atomic E-state index is 0.130. The topological polar surface area (TPSA) is 71.1 Å². The van der Waals surface area contributed by atoms with Gasteiger partial charge < -0.3 is 10.6 Å². The average molecular weight is 369 g/mol. The standard InChI is InChI=1S/C18H15N3O2S2/c1-10-19-13-7-6-11(8-15(13)24-10)20-17(22)9-16-18(23)21-12-4-2-3-5-14(12)25-16/h2-8,16H,9H2,1H3,(H,20,22)(H,21,23)/t16-/m1/s1. The van der Waals surface area contributed by atoms with Crippen LogP contribution < -0.4 is 10.6 Å². The first kappa shape index (κ1) is 16.1. The predicted octanol–water partition coefficient (Wildman–Crippen LogP) is 4.05. The van der Waals surface area contributed by atoms with Gasteiger partial charge in [0.15, 0.2) is 0 Å². The molecule has 1 aromatic heterocycles. The van der Waals surface area contributed by atoms with Gasteiger partial charge in [-0.25, -0.2) is 4.98 Å². The average Bonchev–Trinajstić information content (AvgIpc) is 2.95. The van der Waals surface area contributed by atoms with Crippen molar-refractivity contribution >= 4 is 56.5 Å². The molecule has 2 aromatic carbocycles. The molecule has 0 fully saturated rings. The van der Waals surface area contributed by atoms with E-state index in [4.69, 9.17) is 0 Å². The molecule has 1 atom stereocenters. The highest BCUT2D eigenvalue weighted by molar-refractivity contribution is 8.01. The van der Waals surface area contributed by atoms with Gasteiger partial charge in [0.2, 0.25) is 11.8 Å². The Labute approximate surface area is 152 Å². The fraction of sp³-hybridized carbons (Fsp3) is 0.167. The van der Waals surface area contributed by atoms with E-state index in [1.165, 1.54) is 11.8 Å². The van der Waals surface area contributed by atoms with Crippen molar-refractivity contribution in [2.75, 3.05) is 10.6 Å². The molecule has 1 aliphatic heterocycles. The third kappa shape index (κ3) is 3.38. The molecule has 4 rings (SSSR count). The molecule has 1 aliphatic rings. The van der Waals surface area contributed by atoms with Crippen LogP contribution in [0, 0.1) is 6.92 Å². The van der Waals surface area contributed by atoms with Crippen LogP contribution >= 0.6 is 23.1 Å². The number of amides is 2. The van der Waals surface area contributed by atoms with Crippen molar-refractivity contribution in [2.24, 2.45) is 0 Å². The molecule has 0 bridgehead atoms. The van der Waals surface area contributed by atoms with Gasteiger partial charge in [-0.1, -0.05) is 12.1 Å². The van der Waals surface area contributed by atoms with Crippen LogP contribution in [-0.4, -0.2) is 22.0 Å². The Bertz CT molecular complexity index is 983. The van der Waals surface area contributed by atoms with E-state index in [1.807, 2.05) is 49.4 Å². The number of benzene rings is 2. The second-order valence-corrected chi connectivity index (χ2v) is 8.24. The molecule has 0 saturated heterocycles. The van der Waals surface area contributed by atoms with Crippen molar-refractivity contribution in [1.29, 1.82) is 0 Å². The maximum atomic E-state index is 12.4. The fourth-order valence-electron chi connectivity index (χ4n) is 2.73. The summed E-state index contributed by atoms with van der Waals surface area (Å²) < 4.78 is 1.04. The molecule has 2 N–H and O–H groups in total. The molecule has 0 radical (unpaired) electrons. The normalized spacial score (nSPS) is 16.4. The molecule has 0 aliphatic carbocycles. The molecular weight excluding hydrogens is 354 g/mol. The second kappa shape index (κ2) is 6.50. The van der Waals surface area contributed by atoms with Crippen LogP contribution in [0.4, 0.5) is 11.4 Å². The number of thiazole rings is 1. The maximum absolute atomic E-state index is 12.4. The first-order valence-corrected chi connectivity index (χ1v) is 9.52. The summed E-state index contributed by atoms with van der Waals surface area (Å²) in [5.41, 5.74) is 2.46. The van der Waals surface area contributed by atoms with Crippen LogP contribution in [0.25, 0.3) is 10.2 Å². The van der Waals surface area contributed by atoms with E-state index in [0.29, 0.717) is 0 Å². The highest BCUT2D eigenvalue weighted by Crippen LogP contribution is 2.36. The van der Waals surface area contributed by atoms with Crippen LogP contribution in [0.15, 0.2) is 47.4 Å². The van der Waals surface area contributed by atoms with Gasteiger partial charge in [0.1, 0.15) is 0 Å². The van der Waals surface area contributed by atoms with E-state index in [0.717, 1.165) is 31.5 Å². The van der Waals surface area contributed by atoms with E-state index < -0.39 is 5.25 Å². The summed E-state index contributed by atoms with van der Waals surface area (Å²) >= 11 is 3.02. The van der Waals surface area contributed by atoms with Crippen LogP contribution in [0.5, 0.6) is 0 Å². The lowest BCUT2D eigenvalue weighted by molar-refractivity contribution is -0.120. The number of carbonyl (C=O) groups is 2. The van der Waals surface area contributed by atoms with E-state index >= 15 is 0 Å². The van der Waals surface area contributed by atoms with Crippen LogP contribution in [0.3, 0.4) is 0 Å². The number of aryl methyl sites for hydroxylation is 1. The molecule has 3 aromatic rings. The Morgan fingerprint density at radius 1 is 1.28 bits per heavy atom. The van der Waals surface area contributed by atoms with Gasteiger partial charge in [0.25, 0.3) is 0 Å². The molecule has 0 unspecified atom stereocenters. The van der Waals surface area contributed by atoms with Gasteiger partial charge in [-0.15, -0.1) is 23.1 Å². The van der Waals surface area contributed by atoms with Crippen LogP contribution in [0.1, 0.15) is 11.4 Å². The zero-order chi connectivity index (χ0) is 17.4. The van der Waals surface area contributed by atoms with Crippen LogP contribution in [0.2, 0.25) is 0 Å². The quantitative estimate of drug-likeness (QED) is 0.731. The lowest BCUT2D eigenvalue weighted by Gasteiger charge is -2.23. The summed E-state index contributed by atoms with van der Waals surface area (Å²) in [7, 11) is 0. The number of anilines is 2. The molecule has 7 heteroatoms. The lowest BCUT2D eigenvalue weighted by atomic mass is 10.2. The first-order valence-electron chi connectivity index (χ1n) is 7.82. The number of fused-ring (bicyclic) bond motifs is 2. The second-order valence-electron chi connectivity index (χ2n) is 5.76. The molecule has 2 amide bonds. The minimum atomic E-state index is -0.427. The molecular formula is C18H15N3O2S2. The number of para-hydroxylation sites is 1. The van der Waals surface area contributed by atoms with Crippen molar-refractivity contribution < 1.29 is 9.59 Å².